The third-order valence-corrected chi connectivity index (χ3v) is 7.57. The molecule has 2 aromatic rings. The lowest BCUT2D eigenvalue weighted by atomic mass is 9.81. The molecule has 1 aliphatic carbocycles. The predicted molar refractivity (Wildman–Crippen MR) is 116 cm³/mol. The largest absolute Gasteiger partial charge is 0.375 e. The third kappa shape index (κ3) is 4.27. The Morgan fingerprint density at radius 2 is 1.90 bits per heavy atom. The van der Waals surface area contributed by atoms with Crippen molar-refractivity contribution in [2.75, 3.05) is 19.7 Å². The molecule has 29 heavy (non-hydrogen) atoms. The third-order valence-electron chi connectivity index (χ3n) is 6.89. The minimum atomic E-state index is -0.0435. The number of likely N-dealkylation sites (tertiary alicyclic amines) is 1. The summed E-state index contributed by atoms with van der Waals surface area (Å²) in [4.78, 5) is 17.5. The van der Waals surface area contributed by atoms with Crippen LogP contribution in [0.3, 0.4) is 0 Å². The molecule has 3 fully saturated rings. The fourth-order valence-electron chi connectivity index (χ4n) is 5.08. The molecule has 1 aromatic carbocycles. The van der Waals surface area contributed by atoms with E-state index in [0.717, 1.165) is 63.5 Å². The van der Waals surface area contributed by atoms with Gasteiger partial charge in [-0.1, -0.05) is 30.3 Å². The number of carbonyl (C=O) groups excluding carboxylic acids is 1. The molecule has 1 atom stereocenters. The van der Waals surface area contributed by atoms with Crippen LogP contribution >= 0.6 is 11.3 Å². The van der Waals surface area contributed by atoms with Crippen molar-refractivity contribution in [2.24, 2.45) is 0 Å². The van der Waals surface area contributed by atoms with Crippen molar-refractivity contribution in [3.8, 4) is 0 Å². The number of thiophene rings is 1. The summed E-state index contributed by atoms with van der Waals surface area (Å²) in [7, 11) is 0. The average molecular weight is 411 g/mol. The van der Waals surface area contributed by atoms with Crippen LogP contribution in [-0.4, -0.2) is 53.1 Å². The monoisotopic (exact) mass is 410 g/mol. The van der Waals surface area contributed by atoms with Crippen LogP contribution < -0.4 is 0 Å². The summed E-state index contributed by atoms with van der Waals surface area (Å²) in [5.74, 6) is 0.178. The van der Waals surface area contributed by atoms with Crippen LogP contribution in [0.4, 0.5) is 0 Å². The second kappa shape index (κ2) is 8.21. The molecule has 1 spiro atoms. The minimum Gasteiger partial charge on any atom is -0.375 e. The normalized spacial score (nSPS) is 24.2. The molecular weight excluding hydrogens is 380 g/mol. The van der Waals surface area contributed by atoms with Gasteiger partial charge < -0.3 is 9.64 Å². The van der Waals surface area contributed by atoms with Crippen molar-refractivity contribution in [1.29, 1.82) is 0 Å². The van der Waals surface area contributed by atoms with Gasteiger partial charge in [-0.2, -0.15) is 11.3 Å². The topological polar surface area (TPSA) is 32.8 Å². The molecule has 3 heterocycles. The lowest BCUT2D eigenvalue weighted by molar-refractivity contribution is -0.131. The molecule has 154 valence electrons. The Morgan fingerprint density at radius 1 is 1.10 bits per heavy atom. The molecule has 0 radical (unpaired) electrons. The Labute approximate surface area is 177 Å². The van der Waals surface area contributed by atoms with Crippen molar-refractivity contribution in [3.63, 3.8) is 0 Å². The maximum atomic E-state index is 12.7. The quantitative estimate of drug-likeness (QED) is 0.724. The number of nitrogens with zero attached hydrogens (tertiary/aromatic N) is 2. The van der Waals surface area contributed by atoms with Gasteiger partial charge in [-0.05, 0) is 55.5 Å². The van der Waals surface area contributed by atoms with E-state index in [4.69, 9.17) is 4.74 Å². The molecule has 1 amide bonds. The smallest absolute Gasteiger partial charge is 0.254 e. The highest BCUT2D eigenvalue weighted by Gasteiger charge is 2.45. The van der Waals surface area contributed by atoms with E-state index in [9.17, 15) is 4.79 Å². The molecular formula is C24H30N2O2S. The van der Waals surface area contributed by atoms with Crippen molar-refractivity contribution < 1.29 is 9.53 Å². The highest BCUT2D eigenvalue weighted by molar-refractivity contribution is 7.08. The van der Waals surface area contributed by atoms with E-state index in [1.54, 1.807) is 11.3 Å². The fourth-order valence-corrected chi connectivity index (χ4v) is 5.71. The van der Waals surface area contributed by atoms with Crippen molar-refractivity contribution in [3.05, 3.63) is 58.3 Å². The Balaban J connectivity index is 1.24. The molecule has 5 rings (SSSR count). The first-order valence-electron chi connectivity index (χ1n) is 11.0. The van der Waals surface area contributed by atoms with E-state index in [-0.39, 0.29) is 11.5 Å². The summed E-state index contributed by atoms with van der Waals surface area (Å²) in [6.45, 7) is 3.52. The number of rotatable bonds is 5. The van der Waals surface area contributed by atoms with Crippen molar-refractivity contribution >= 4 is 17.2 Å². The van der Waals surface area contributed by atoms with Crippen LogP contribution in [0, 0.1) is 0 Å². The van der Waals surface area contributed by atoms with Gasteiger partial charge in [-0.15, -0.1) is 0 Å². The number of carbonyl (C=O) groups is 1. The zero-order valence-corrected chi connectivity index (χ0v) is 17.8. The summed E-state index contributed by atoms with van der Waals surface area (Å²) < 4.78 is 6.39. The maximum Gasteiger partial charge on any atom is 0.254 e. The number of piperidine rings is 1. The Morgan fingerprint density at radius 3 is 2.59 bits per heavy atom. The van der Waals surface area contributed by atoms with Crippen molar-refractivity contribution in [1.82, 2.24) is 9.80 Å². The van der Waals surface area contributed by atoms with Gasteiger partial charge in [0.2, 0.25) is 0 Å². The summed E-state index contributed by atoms with van der Waals surface area (Å²) in [6.07, 6.45) is 6.83. The number of ether oxygens (including phenoxy) is 1. The van der Waals surface area contributed by atoms with Crippen molar-refractivity contribution in [2.45, 2.75) is 62.8 Å². The number of benzene rings is 1. The molecule has 1 unspecified atom stereocenters. The van der Waals surface area contributed by atoms with Crippen LogP contribution in [0.5, 0.6) is 0 Å². The summed E-state index contributed by atoms with van der Waals surface area (Å²) >= 11 is 1.59. The summed E-state index contributed by atoms with van der Waals surface area (Å²) in [5.41, 5.74) is 2.20. The van der Waals surface area contributed by atoms with Gasteiger partial charge in [-0.3, -0.25) is 9.69 Å². The molecule has 4 nitrogen and oxygen atoms in total. The average Bonchev–Trinajstić information content (AvgIpc) is 3.45. The van der Waals surface area contributed by atoms with Gasteiger partial charge in [0.15, 0.2) is 0 Å². The zero-order valence-electron chi connectivity index (χ0n) is 17.0. The first-order valence-corrected chi connectivity index (χ1v) is 11.9. The van der Waals surface area contributed by atoms with Crippen LogP contribution in [0.1, 0.15) is 54.4 Å². The number of hydrogen-bond acceptors (Lipinski definition) is 4. The Kier molecular flexibility index (Phi) is 5.46. The van der Waals surface area contributed by atoms with Gasteiger partial charge in [-0.25, -0.2) is 0 Å². The number of hydrogen-bond donors (Lipinski definition) is 0. The van der Waals surface area contributed by atoms with Crippen LogP contribution in [0.2, 0.25) is 0 Å². The van der Waals surface area contributed by atoms with Crippen LogP contribution in [0.25, 0.3) is 0 Å². The molecule has 1 aromatic heterocycles. The minimum absolute atomic E-state index is 0.0435. The van der Waals surface area contributed by atoms with E-state index in [1.807, 2.05) is 21.7 Å². The zero-order chi connectivity index (χ0) is 19.7. The molecule has 3 aliphatic rings. The molecule has 2 saturated heterocycles. The van der Waals surface area contributed by atoms with E-state index in [2.05, 4.69) is 35.2 Å². The maximum absolute atomic E-state index is 12.7. The SMILES string of the molecule is O=C(c1ccsc1)N1CCC2(CC1)CC(N(Cc1ccccc1)C1CC1)CCO2. The van der Waals surface area contributed by atoms with Crippen LogP contribution in [0.15, 0.2) is 47.2 Å². The van der Waals surface area contributed by atoms with E-state index >= 15 is 0 Å². The first kappa shape index (κ1) is 19.3. The summed E-state index contributed by atoms with van der Waals surface area (Å²) in [5, 5.41) is 3.93. The van der Waals surface area contributed by atoms with E-state index in [0.29, 0.717) is 6.04 Å². The van der Waals surface area contributed by atoms with Gasteiger partial charge >= 0.3 is 0 Å². The Bertz CT molecular complexity index is 811. The molecule has 5 heteroatoms. The van der Waals surface area contributed by atoms with Gasteiger partial charge in [0, 0.05) is 43.7 Å². The molecule has 0 N–H and O–H groups in total. The predicted octanol–water partition coefficient (Wildman–Crippen LogP) is 4.57. The second-order valence-electron chi connectivity index (χ2n) is 8.87. The molecule has 0 bridgehead atoms. The lowest BCUT2D eigenvalue weighted by Gasteiger charge is -2.48. The van der Waals surface area contributed by atoms with Crippen LogP contribution in [-0.2, 0) is 11.3 Å². The highest BCUT2D eigenvalue weighted by Crippen LogP contribution is 2.40. The summed E-state index contributed by atoms with van der Waals surface area (Å²) in [6, 6.07) is 14.2. The van der Waals surface area contributed by atoms with Gasteiger partial charge in [0.05, 0.1) is 11.2 Å². The van der Waals surface area contributed by atoms with E-state index in [1.165, 1.54) is 18.4 Å². The second-order valence-corrected chi connectivity index (χ2v) is 9.65. The van der Waals surface area contributed by atoms with Gasteiger partial charge in [0.1, 0.15) is 0 Å². The standard InChI is InChI=1S/C24H30N2O2S/c27-23(20-9-15-29-18-20)25-12-10-24(11-13-25)16-22(8-14-28-24)26(21-6-7-21)17-19-4-2-1-3-5-19/h1-5,9,15,18,21-22H,6-8,10-14,16-17H2. The fraction of sp³-hybridized carbons (Fsp3) is 0.542. The first-order chi connectivity index (χ1) is 14.2. The lowest BCUT2D eigenvalue weighted by Crippen LogP contribution is -2.54. The molecule has 1 saturated carbocycles. The Hall–Kier alpha value is -1.69. The van der Waals surface area contributed by atoms with Gasteiger partial charge in [0.25, 0.3) is 5.91 Å². The number of amides is 1. The van der Waals surface area contributed by atoms with E-state index < -0.39 is 0 Å². The highest BCUT2D eigenvalue weighted by atomic mass is 32.1. The molecule has 2 aliphatic heterocycles.